The molecule has 1 unspecified atom stereocenters. The Bertz CT molecular complexity index is 232. The summed E-state index contributed by atoms with van der Waals surface area (Å²) in [6.45, 7) is 8.59. The molecule has 1 saturated heterocycles. The molecule has 0 amide bonds. The lowest BCUT2D eigenvalue weighted by atomic mass is 9.96. The summed E-state index contributed by atoms with van der Waals surface area (Å²) in [5.74, 6) is 1.10. The molecule has 2 heteroatoms. The van der Waals surface area contributed by atoms with Crippen LogP contribution >= 0.6 is 0 Å². The second-order valence-electron chi connectivity index (χ2n) is 3.97. The molecule has 0 saturated carbocycles. The van der Waals surface area contributed by atoms with Gasteiger partial charge in [-0.05, 0) is 18.8 Å². The van der Waals surface area contributed by atoms with Crippen LogP contribution in [0.1, 0.15) is 40.0 Å². The van der Waals surface area contributed by atoms with Crippen molar-refractivity contribution in [2.24, 2.45) is 5.92 Å². The first-order valence-corrected chi connectivity index (χ1v) is 5.74. The lowest BCUT2D eigenvalue weighted by Crippen LogP contribution is -2.37. The molecular formula is C12H21NO. The standard InChI is InChI=1S/C10H15NO.C2H6/c1-8-3-2-4-11(7-8)9-5-10(12)6-9;1-2/h5,8H,2-4,6-7H2,1H3;1-2H3. The first-order chi connectivity index (χ1) is 6.75. The quantitative estimate of drug-likeness (QED) is 0.641. The van der Waals surface area contributed by atoms with Crippen molar-refractivity contribution in [3.63, 3.8) is 0 Å². The molecule has 1 aliphatic heterocycles. The number of nitrogens with zero attached hydrogens (tertiary/aromatic N) is 1. The van der Waals surface area contributed by atoms with Gasteiger partial charge in [-0.1, -0.05) is 20.8 Å². The topological polar surface area (TPSA) is 20.3 Å². The SMILES string of the molecule is CC.CC1CCCN(C2=CC(=O)C2)C1. The lowest BCUT2D eigenvalue weighted by molar-refractivity contribution is -0.116. The van der Waals surface area contributed by atoms with E-state index in [1.54, 1.807) is 6.08 Å². The largest absolute Gasteiger partial charge is 0.374 e. The third-order valence-corrected chi connectivity index (χ3v) is 2.75. The average Bonchev–Trinajstić information content (AvgIpc) is 2.16. The van der Waals surface area contributed by atoms with Crippen LogP contribution < -0.4 is 0 Å². The third kappa shape index (κ3) is 2.60. The van der Waals surface area contributed by atoms with Gasteiger partial charge in [0, 0.05) is 24.9 Å². The molecule has 14 heavy (non-hydrogen) atoms. The van der Waals surface area contributed by atoms with Gasteiger partial charge in [0.05, 0.1) is 6.42 Å². The number of carbonyl (C=O) groups is 1. The van der Waals surface area contributed by atoms with Crippen molar-refractivity contribution < 1.29 is 4.79 Å². The summed E-state index contributed by atoms with van der Waals surface area (Å²) < 4.78 is 0. The van der Waals surface area contributed by atoms with E-state index in [0.29, 0.717) is 12.2 Å². The second kappa shape index (κ2) is 5.18. The molecule has 80 valence electrons. The van der Waals surface area contributed by atoms with Crippen molar-refractivity contribution in [2.45, 2.75) is 40.0 Å². The zero-order chi connectivity index (χ0) is 10.6. The van der Waals surface area contributed by atoms with Crippen molar-refractivity contribution in [2.75, 3.05) is 13.1 Å². The van der Waals surface area contributed by atoms with E-state index in [4.69, 9.17) is 0 Å². The molecule has 2 rings (SSSR count). The highest BCUT2D eigenvalue weighted by Gasteiger charge is 2.24. The van der Waals surface area contributed by atoms with Gasteiger partial charge < -0.3 is 4.90 Å². The number of rotatable bonds is 1. The summed E-state index contributed by atoms with van der Waals surface area (Å²) >= 11 is 0. The Labute approximate surface area is 87.0 Å². The number of allylic oxidation sites excluding steroid dienone is 2. The highest BCUT2D eigenvalue weighted by Crippen LogP contribution is 2.25. The number of hydrogen-bond donors (Lipinski definition) is 0. The van der Waals surface area contributed by atoms with Crippen molar-refractivity contribution in [3.05, 3.63) is 11.8 Å². The minimum Gasteiger partial charge on any atom is -0.374 e. The summed E-state index contributed by atoms with van der Waals surface area (Å²) in [6.07, 6.45) is 5.11. The molecule has 0 radical (unpaired) electrons. The predicted molar refractivity (Wildman–Crippen MR) is 59.0 cm³/mol. The van der Waals surface area contributed by atoms with Crippen LogP contribution in [0, 0.1) is 5.92 Å². The Balaban J connectivity index is 0.000000461. The van der Waals surface area contributed by atoms with E-state index in [1.807, 2.05) is 13.8 Å². The molecule has 1 atom stereocenters. The molecule has 1 aliphatic carbocycles. The van der Waals surface area contributed by atoms with Gasteiger partial charge in [0.2, 0.25) is 0 Å². The normalized spacial score (nSPS) is 25.9. The molecular weight excluding hydrogens is 174 g/mol. The van der Waals surface area contributed by atoms with E-state index >= 15 is 0 Å². The minimum atomic E-state index is 0.295. The fourth-order valence-corrected chi connectivity index (χ4v) is 1.99. The third-order valence-electron chi connectivity index (χ3n) is 2.75. The Morgan fingerprint density at radius 2 is 2.07 bits per heavy atom. The van der Waals surface area contributed by atoms with Gasteiger partial charge in [0.25, 0.3) is 0 Å². The van der Waals surface area contributed by atoms with E-state index < -0.39 is 0 Å². The van der Waals surface area contributed by atoms with Gasteiger partial charge in [0.1, 0.15) is 0 Å². The van der Waals surface area contributed by atoms with Crippen molar-refractivity contribution in [3.8, 4) is 0 Å². The number of ketones is 1. The first kappa shape index (κ1) is 11.3. The van der Waals surface area contributed by atoms with Crippen LogP contribution in [-0.4, -0.2) is 23.8 Å². The van der Waals surface area contributed by atoms with Gasteiger partial charge in [-0.2, -0.15) is 0 Å². The predicted octanol–water partition coefficient (Wildman–Crippen LogP) is 2.60. The molecule has 0 bridgehead atoms. The maximum Gasteiger partial charge on any atom is 0.163 e. The van der Waals surface area contributed by atoms with E-state index in [2.05, 4.69) is 11.8 Å². The van der Waals surface area contributed by atoms with Crippen LogP contribution in [0.15, 0.2) is 11.8 Å². The highest BCUT2D eigenvalue weighted by atomic mass is 16.1. The number of carbonyl (C=O) groups excluding carboxylic acids is 1. The first-order valence-electron chi connectivity index (χ1n) is 5.74. The lowest BCUT2D eigenvalue weighted by Gasteiger charge is -2.36. The van der Waals surface area contributed by atoms with E-state index in [0.717, 1.165) is 19.0 Å². The Morgan fingerprint density at radius 1 is 1.43 bits per heavy atom. The maximum atomic E-state index is 10.7. The van der Waals surface area contributed by atoms with Gasteiger partial charge in [-0.25, -0.2) is 0 Å². The van der Waals surface area contributed by atoms with Crippen molar-refractivity contribution in [1.29, 1.82) is 0 Å². The van der Waals surface area contributed by atoms with Gasteiger partial charge in [-0.15, -0.1) is 0 Å². The van der Waals surface area contributed by atoms with Gasteiger partial charge in [0.15, 0.2) is 5.78 Å². The molecule has 1 fully saturated rings. The monoisotopic (exact) mass is 195 g/mol. The van der Waals surface area contributed by atoms with Gasteiger partial charge in [-0.3, -0.25) is 4.79 Å². The molecule has 0 N–H and O–H groups in total. The summed E-state index contributed by atoms with van der Waals surface area (Å²) in [5, 5.41) is 0. The Kier molecular flexibility index (Phi) is 4.18. The summed E-state index contributed by atoms with van der Waals surface area (Å²) in [6, 6.07) is 0. The molecule has 0 aromatic carbocycles. The van der Waals surface area contributed by atoms with Crippen molar-refractivity contribution in [1.82, 2.24) is 4.90 Å². The molecule has 1 heterocycles. The van der Waals surface area contributed by atoms with Crippen LogP contribution in [0.25, 0.3) is 0 Å². The van der Waals surface area contributed by atoms with E-state index in [-0.39, 0.29) is 0 Å². The van der Waals surface area contributed by atoms with Crippen molar-refractivity contribution >= 4 is 5.78 Å². The zero-order valence-corrected chi connectivity index (χ0v) is 9.55. The second-order valence-corrected chi connectivity index (χ2v) is 3.97. The summed E-state index contributed by atoms with van der Waals surface area (Å²) in [5.41, 5.74) is 1.27. The fraction of sp³-hybridized carbons (Fsp3) is 0.750. The molecule has 2 nitrogen and oxygen atoms in total. The van der Waals surface area contributed by atoms with E-state index in [1.165, 1.54) is 18.5 Å². The van der Waals surface area contributed by atoms with Crippen LogP contribution in [0.2, 0.25) is 0 Å². The number of hydrogen-bond acceptors (Lipinski definition) is 2. The minimum absolute atomic E-state index is 0.295. The van der Waals surface area contributed by atoms with E-state index in [9.17, 15) is 4.79 Å². The van der Waals surface area contributed by atoms with Crippen LogP contribution in [0.3, 0.4) is 0 Å². The van der Waals surface area contributed by atoms with Gasteiger partial charge >= 0.3 is 0 Å². The zero-order valence-electron chi connectivity index (χ0n) is 9.55. The van der Waals surface area contributed by atoms with Crippen LogP contribution in [-0.2, 0) is 4.79 Å². The molecule has 0 aromatic rings. The smallest absolute Gasteiger partial charge is 0.163 e. The fourth-order valence-electron chi connectivity index (χ4n) is 1.99. The molecule has 0 aromatic heterocycles. The maximum absolute atomic E-state index is 10.7. The number of likely N-dealkylation sites (tertiary alicyclic amines) is 1. The Morgan fingerprint density at radius 3 is 2.57 bits per heavy atom. The summed E-state index contributed by atoms with van der Waals surface area (Å²) in [7, 11) is 0. The molecule has 2 aliphatic rings. The number of piperidine rings is 1. The Hall–Kier alpha value is -0.790. The summed E-state index contributed by atoms with van der Waals surface area (Å²) in [4.78, 5) is 13.1. The van der Waals surface area contributed by atoms with Crippen LogP contribution in [0.5, 0.6) is 0 Å². The van der Waals surface area contributed by atoms with Crippen LogP contribution in [0.4, 0.5) is 0 Å². The molecule has 0 spiro atoms. The average molecular weight is 195 g/mol. The highest BCUT2D eigenvalue weighted by molar-refractivity contribution is 5.98.